The minimum absolute atomic E-state index is 0.0453. The lowest BCUT2D eigenvalue weighted by molar-refractivity contribution is -0.115. The van der Waals surface area contributed by atoms with Crippen molar-refractivity contribution in [2.45, 2.75) is 25.6 Å². The van der Waals surface area contributed by atoms with Crippen LogP contribution in [0.4, 0.5) is 10.1 Å². The molecule has 7 heteroatoms. The molecule has 1 atom stereocenters. The zero-order valence-electron chi connectivity index (χ0n) is 13.9. The fourth-order valence-electron chi connectivity index (χ4n) is 2.73. The summed E-state index contributed by atoms with van der Waals surface area (Å²) >= 11 is 1.62. The third kappa shape index (κ3) is 3.66. The molecule has 1 unspecified atom stereocenters. The highest BCUT2D eigenvalue weighted by molar-refractivity contribution is 8.01. The van der Waals surface area contributed by atoms with Gasteiger partial charge in [-0.05, 0) is 37.1 Å². The van der Waals surface area contributed by atoms with Crippen LogP contribution < -0.4 is 9.64 Å². The van der Waals surface area contributed by atoms with Crippen LogP contribution in [0.15, 0.2) is 36.7 Å². The van der Waals surface area contributed by atoms with Crippen LogP contribution in [-0.4, -0.2) is 28.0 Å². The van der Waals surface area contributed by atoms with Crippen molar-refractivity contribution in [3.05, 3.63) is 53.6 Å². The maximum Gasteiger partial charge on any atom is 0.343 e. The topological polar surface area (TPSA) is 59.5 Å². The van der Waals surface area contributed by atoms with E-state index in [1.165, 1.54) is 6.20 Å². The Morgan fingerprint density at radius 2 is 2.20 bits per heavy atom. The average Bonchev–Trinajstić information content (AvgIpc) is 2.95. The Morgan fingerprint density at radius 1 is 1.40 bits per heavy atom. The van der Waals surface area contributed by atoms with Gasteiger partial charge in [0.25, 0.3) is 0 Å². The number of aromatic nitrogens is 1. The monoisotopic (exact) mass is 360 g/mol. The maximum atomic E-state index is 13.1. The van der Waals surface area contributed by atoms with E-state index in [1.807, 2.05) is 13.8 Å². The number of hydrogen-bond acceptors (Lipinski definition) is 5. The molecule has 5 nitrogen and oxygen atoms in total. The molecule has 1 saturated heterocycles. The van der Waals surface area contributed by atoms with Gasteiger partial charge in [-0.25, -0.2) is 9.18 Å². The summed E-state index contributed by atoms with van der Waals surface area (Å²) in [6.07, 6.45) is 3.16. The lowest BCUT2D eigenvalue weighted by atomic mass is 10.1. The molecule has 130 valence electrons. The van der Waals surface area contributed by atoms with E-state index in [0.717, 1.165) is 29.9 Å². The zero-order chi connectivity index (χ0) is 18.0. The number of ether oxygens (including phenoxy) is 1. The number of pyridine rings is 1. The van der Waals surface area contributed by atoms with E-state index in [1.54, 1.807) is 34.9 Å². The summed E-state index contributed by atoms with van der Waals surface area (Å²) in [4.78, 5) is 29.8. The molecule has 1 aliphatic heterocycles. The van der Waals surface area contributed by atoms with Crippen molar-refractivity contribution < 1.29 is 18.7 Å². The lowest BCUT2D eigenvalue weighted by Crippen LogP contribution is -2.32. The first kappa shape index (κ1) is 17.4. The molecule has 0 bridgehead atoms. The number of amides is 1. The number of benzene rings is 1. The van der Waals surface area contributed by atoms with Crippen LogP contribution in [0, 0.1) is 12.7 Å². The fraction of sp³-hybridized carbons (Fsp3) is 0.278. The molecule has 3 rings (SSSR count). The number of rotatable bonds is 4. The first-order valence-corrected chi connectivity index (χ1v) is 8.91. The van der Waals surface area contributed by atoms with Crippen molar-refractivity contribution in [3.63, 3.8) is 0 Å². The normalized spacial score (nSPS) is 17.0. The van der Waals surface area contributed by atoms with Gasteiger partial charge in [0, 0.05) is 11.8 Å². The summed E-state index contributed by atoms with van der Waals surface area (Å²) in [5, 5.41) is 0.113. The van der Waals surface area contributed by atoms with Crippen LogP contribution >= 0.6 is 11.8 Å². The second kappa shape index (κ2) is 7.23. The Balaban J connectivity index is 1.82. The molecule has 1 aliphatic rings. The number of esters is 1. The van der Waals surface area contributed by atoms with Gasteiger partial charge in [-0.2, -0.15) is 0 Å². The second-order valence-electron chi connectivity index (χ2n) is 5.67. The van der Waals surface area contributed by atoms with Gasteiger partial charge in [0.2, 0.25) is 5.91 Å². The molecule has 0 aliphatic carbocycles. The Hall–Kier alpha value is -2.41. The first-order valence-electron chi connectivity index (χ1n) is 7.86. The molecule has 25 heavy (non-hydrogen) atoms. The molecule has 0 saturated carbocycles. The number of nitrogens with zero attached hydrogens (tertiary/aromatic N) is 2. The van der Waals surface area contributed by atoms with Crippen LogP contribution in [0.3, 0.4) is 0 Å². The van der Waals surface area contributed by atoms with Crippen molar-refractivity contribution in [3.8, 4) is 5.75 Å². The molecule has 0 radical (unpaired) electrons. The number of carbonyl (C=O) groups excluding carboxylic acids is 2. The number of anilines is 1. The summed E-state index contributed by atoms with van der Waals surface area (Å²) in [6.45, 7) is 3.89. The number of thioether (sulfide) groups is 1. The smallest absolute Gasteiger partial charge is 0.343 e. The lowest BCUT2D eigenvalue weighted by Gasteiger charge is -2.24. The van der Waals surface area contributed by atoms with Crippen molar-refractivity contribution >= 4 is 29.3 Å². The van der Waals surface area contributed by atoms with Gasteiger partial charge in [-0.15, -0.1) is 11.8 Å². The third-order valence-corrected chi connectivity index (χ3v) is 5.23. The van der Waals surface area contributed by atoms with E-state index in [9.17, 15) is 14.0 Å². The highest BCUT2D eigenvalue weighted by atomic mass is 32.2. The van der Waals surface area contributed by atoms with Crippen LogP contribution in [0.1, 0.15) is 29.3 Å². The van der Waals surface area contributed by atoms with Crippen molar-refractivity contribution in [2.24, 2.45) is 0 Å². The second-order valence-corrected chi connectivity index (χ2v) is 6.83. The number of hydrogen-bond donors (Lipinski definition) is 0. The van der Waals surface area contributed by atoms with Crippen LogP contribution in [0.5, 0.6) is 5.75 Å². The summed E-state index contributed by atoms with van der Waals surface area (Å²) in [5.74, 6) is -0.595. The van der Waals surface area contributed by atoms with Crippen molar-refractivity contribution in [1.29, 1.82) is 0 Å². The molecule has 1 amide bonds. The Labute approximate surface area is 149 Å². The van der Waals surface area contributed by atoms with Gasteiger partial charge in [-0.3, -0.25) is 14.7 Å². The van der Waals surface area contributed by atoms with Gasteiger partial charge in [0.1, 0.15) is 5.82 Å². The summed E-state index contributed by atoms with van der Waals surface area (Å²) in [7, 11) is 0. The fourth-order valence-corrected chi connectivity index (χ4v) is 3.82. The quantitative estimate of drug-likeness (QED) is 0.780. The highest BCUT2D eigenvalue weighted by Crippen LogP contribution is 2.34. The standard InChI is InChI=1S/C18H17FN2O3S/c1-3-17-21(16(22)10-25-17)15-5-4-12(6-11(15)2)18(23)24-14-7-13(19)8-20-9-14/h4-9,17H,3,10H2,1-2H3. The molecule has 1 fully saturated rings. The number of halogens is 1. The predicted molar refractivity (Wildman–Crippen MR) is 94.4 cm³/mol. The SMILES string of the molecule is CCC1SCC(=O)N1c1ccc(C(=O)Oc2cncc(F)c2)cc1C. The molecular weight excluding hydrogens is 343 g/mol. The van der Waals surface area contributed by atoms with E-state index in [-0.39, 0.29) is 17.0 Å². The first-order chi connectivity index (χ1) is 12.0. The van der Waals surface area contributed by atoms with Gasteiger partial charge < -0.3 is 4.74 Å². The number of aryl methyl sites for hydroxylation is 1. The average molecular weight is 360 g/mol. The molecule has 0 N–H and O–H groups in total. The van der Waals surface area contributed by atoms with Crippen LogP contribution in [-0.2, 0) is 4.79 Å². The van der Waals surface area contributed by atoms with Crippen molar-refractivity contribution in [1.82, 2.24) is 4.98 Å². The van der Waals surface area contributed by atoms with E-state index in [0.29, 0.717) is 11.3 Å². The van der Waals surface area contributed by atoms with Crippen molar-refractivity contribution in [2.75, 3.05) is 10.7 Å². The van der Waals surface area contributed by atoms with E-state index >= 15 is 0 Å². The van der Waals surface area contributed by atoms with Gasteiger partial charge >= 0.3 is 5.97 Å². The Kier molecular flexibility index (Phi) is 5.03. The summed E-state index contributed by atoms with van der Waals surface area (Å²) in [5.41, 5.74) is 1.93. The van der Waals surface area contributed by atoms with Crippen LogP contribution in [0.25, 0.3) is 0 Å². The molecule has 1 aromatic heterocycles. The molecule has 1 aromatic carbocycles. The minimum Gasteiger partial charge on any atom is -0.421 e. The third-order valence-electron chi connectivity index (χ3n) is 3.89. The predicted octanol–water partition coefficient (Wildman–Crippen LogP) is 3.56. The molecule has 0 spiro atoms. The van der Waals surface area contributed by atoms with Gasteiger partial charge in [0.05, 0.1) is 29.1 Å². The van der Waals surface area contributed by atoms with E-state index in [2.05, 4.69) is 4.98 Å². The Morgan fingerprint density at radius 3 is 2.88 bits per heavy atom. The zero-order valence-corrected chi connectivity index (χ0v) is 14.7. The Bertz CT molecular complexity index is 828. The summed E-state index contributed by atoms with van der Waals surface area (Å²) in [6, 6.07) is 6.13. The molecule has 2 heterocycles. The van der Waals surface area contributed by atoms with Gasteiger partial charge in [-0.1, -0.05) is 6.92 Å². The molecular formula is C18H17FN2O3S. The van der Waals surface area contributed by atoms with Gasteiger partial charge in [0.15, 0.2) is 5.75 Å². The van der Waals surface area contributed by atoms with E-state index in [4.69, 9.17) is 4.74 Å². The molecule has 2 aromatic rings. The van der Waals surface area contributed by atoms with Crippen LogP contribution in [0.2, 0.25) is 0 Å². The van der Waals surface area contributed by atoms with E-state index < -0.39 is 11.8 Å². The minimum atomic E-state index is -0.601. The highest BCUT2D eigenvalue weighted by Gasteiger charge is 2.32. The summed E-state index contributed by atoms with van der Waals surface area (Å²) < 4.78 is 18.3. The maximum absolute atomic E-state index is 13.1. The number of carbonyl (C=O) groups is 2. The largest absolute Gasteiger partial charge is 0.421 e.